The van der Waals surface area contributed by atoms with Crippen LogP contribution in [0.3, 0.4) is 0 Å². The third-order valence-electron chi connectivity index (χ3n) is 3.63. The Morgan fingerprint density at radius 1 is 1.35 bits per heavy atom. The molecule has 1 atom stereocenters. The van der Waals surface area contributed by atoms with Crippen LogP contribution in [0, 0.1) is 0 Å². The van der Waals surface area contributed by atoms with E-state index in [0.717, 1.165) is 26.0 Å². The normalized spacial score (nSPS) is 17.2. The van der Waals surface area contributed by atoms with Gasteiger partial charge in [-0.2, -0.15) is 0 Å². The Morgan fingerprint density at radius 3 is 3.04 bits per heavy atom. The third-order valence-corrected chi connectivity index (χ3v) is 3.63. The highest BCUT2D eigenvalue weighted by atomic mass is 16.5. The van der Waals surface area contributed by atoms with Crippen molar-refractivity contribution >= 4 is 5.91 Å². The molecule has 0 bridgehead atoms. The standard InChI is InChI=1S/C17H26N2O4/c1-21-11-9-18-7-8-19-17(20)14-4-2-5-15(12-14)23-13-16-6-3-10-22-16/h2,4-5,12,16,18H,3,6-11,13H2,1H3,(H,19,20). The molecular weight excluding hydrogens is 296 g/mol. The summed E-state index contributed by atoms with van der Waals surface area (Å²) in [6.07, 6.45) is 2.30. The molecule has 2 N–H and O–H groups in total. The molecule has 1 aromatic carbocycles. The Morgan fingerprint density at radius 2 is 2.26 bits per heavy atom. The number of carbonyl (C=O) groups excluding carboxylic acids is 1. The maximum absolute atomic E-state index is 12.1. The molecule has 2 rings (SSSR count). The van der Waals surface area contributed by atoms with E-state index in [1.54, 1.807) is 19.2 Å². The smallest absolute Gasteiger partial charge is 0.251 e. The Balaban J connectivity index is 1.71. The lowest BCUT2D eigenvalue weighted by Crippen LogP contribution is -2.33. The maximum atomic E-state index is 12.1. The summed E-state index contributed by atoms with van der Waals surface area (Å²) in [5, 5.41) is 6.06. The summed E-state index contributed by atoms with van der Waals surface area (Å²) < 4.78 is 16.2. The van der Waals surface area contributed by atoms with Crippen molar-refractivity contribution in [2.45, 2.75) is 18.9 Å². The van der Waals surface area contributed by atoms with E-state index in [0.29, 0.717) is 37.6 Å². The molecule has 0 radical (unpaired) electrons. The minimum absolute atomic E-state index is 0.0962. The van der Waals surface area contributed by atoms with Crippen molar-refractivity contribution in [2.75, 3.05) is 46.6 Å². The van der Waals surface area contributed by atoms with Gasteiger partial charge in [0.2, 0.25) is 0 Å². The molecule has 23 heavy (non-hydrogen) atoms. The molecule has 0 aromatic heterocycles. The van der Waals surface area contributed by atoms with E-state index >= 15 is 0 Å². The first-order chi connectivity index (χ1) is 11.3. The van der Waals surface area contributed by atoms with Crippen molar-refractivity contribution in [2.24, 2.45) is 0 Å². The van der Waals surface area contributed by atoms with E-state index < -0.39 is 0 Å². The molecule has 0 saturated carbocycles. The number of ether oxygens (including phenoxy) is 3. The Bertz CT molecular complexity index is 475. The molecular formula is C17H26N2O4. The molecule has 6 heteroatoms. The van der Waals surface area contributed by atoms with Gasteiger partial charge in [-0.15, -0.1) is 0 Å². The van der Waals surface area contributed by atoms with E-state index in [2.05, 4.69) is 10.6 Å². The number of hydrogen-bond donors (Lipinski definition) is 2. The van der Waals surface area contributed by atoms with Gasteiger partial charge in [-0.05, 0) is 31.0 Å². The second-order valence-electron chi connectivity index (χ2n) is 5.47. The summed E-state index contributed by atoms with van der Waals surface area (Å²) in [5.41, 5.74) is 0.603. The van der Waals surface area contributed by atoms with E-state index in [1.165, 1.54) is 0 Å². The summed E-state index contributed by atoms with van der Waals surface area (Å²) in [4.78, 5) is 12.1. The van der Waals surface area contributed by atoms with Crippen LogP contribution in [0.25, 0.3) is 0 Å². The number of hydrogen-bond acceptors (Lipinski definition) is 5. The summed E-state index contributed by atoms with van der Waals surface area (Å²) in [6.45, 7) is 4.08. The predicted octanol–water partition coefficient (Wildman–Crippen LogP) is 1.21. The number of methoxy groups -OCH3 is 1. The first-order valence-electron chi connectivity index (χ1n) is 8.12. The van der Waals surface area contributed by atoms with Gasteiger partial charge in [0.05, 0.1) is 12.7 Å². The van der Waals surface area contributed by atoms with Crippen molar-refractivity contribution in [3.63, 3.8) is 0 Å². The average molecular weight is 322 g/mol. The number of nitrogens with one attached hydrogen (secondary N) is 2. The van der Waals surface area contributed by atoms with E-state index in [1.807, 2.05) is 12.1 Å². The van der Waals surface area contributed by atoms with E-state index in [-0.39, 0.29) is 12.0 Å². The van der Waals surface area contributed by atoms with Gasteiger partial charge < -0.3 is 24.8 Å². The molecule has 1 unspecified atom stereocenters. The molecule has 1 amide bonds. The molecule has 1 heterocycles. The molecule has 1 saturated heterocycles. The fourth-order valence-electron chi connectivity index (χ4n) is 2.36. The maximum Gasteiger partial charge on any atom is 0.251 e. The van der Waals surface area contributed by atoms with Crippen LogP contribution in [0.15, 0.2) is 24.3 Å². The molecule has 0 spiro atoms. The van der Waals surface area contributed by atoms with Crippen molar-refractivity contribution in [3.05, 3.63) is 29.8 Å². The van der Waals surface area contributed by atoms with Gasteiger partial charge in [0.25, 0.3) is 5.91 Å². The fraction of sp³-hybridized carbons (Fsp3) is 0.588. The zero-order chi connectivity index (χ0) is 16.3. The molecule has 6 nitrogen and oxygen atoms in total. The van der Waals surface area contributed by atoms with Gasteiger partial charge in [-0.3, -0.25) is 4.79 Å². The second-order valence-corrected chi connectivity index (χ2v) is 5.47. The Hall–Kier alpha value is -1.63. The average Bonchev–Trinajstić information content (AvgIpc) is 3.10. The minimum atomic E-state index is -0.0962. The minimum Gasteiger partial charge on any atom is -0.491 e. The van der Waals surface area contributed by atoms with Crippen LogP contribution in [-0.4, -0.2) is 58.6 Å². The molecule has 1 aliphatic rings. The molecule has 128 valence electrons. The van der Waals surface area contributed by atoms with Crippen molar-refractivity contribution in [1.82, 2.24) is 10.6 Å². The van der Waals surface area contributed by atoms with Crippen LogP contribution in [0.2, 0.25) is 0 Å². The largest absolute Gasteiger partial charge is 0.491 e. The van der Waals surface area contributed by atoms with Crippen LogP contribution in [0.4, 0.5) is 0 Å². The van der Waals surface area contributed by atoms with Crippen molar-refractivity contribution in [1.29, 1.82) is 0 Å². The third kappa shape index (κ3) is 6.56. The van der Waals surface area contributed by atoms with Crippen molar-refractivity contribution < 1.29 is 19.0 Å². The van der Waals surface area contributed by atoms with E-state index in [9.17, 15) is 4.79 Å². The van der Waals surface area contributed by atoms with Gasteiger partial charge in [-0.25, -0.2) is 0 Å². The first kappa shape index (κ1) is 17.7. The van der Waals surface area contributed by atoms with Crippen LogP contribution in [-0.2, 0) is 9.47 Å². The number of amides is 1. The Labute approximate surface area is 137 Å². The number of rotatable bonds is 10. The van der Waals surface area contributed by atoms with Crippen LogP contribution >= 0.6 is 0 Å². The lowest BCUT2D eigenvalue weighted by molar-refractivity contribution is 0.0679. The van der Waals surface area contributed by atoms with Gasteiger partial charge in [-0.1, -0.05) is 6.07 Å². The summed E-state index contributed by atoms with van der Waals surface area (Å²) >= 11 is 0. The van der Waals surface area contributed by atoms with Crippen LogP contribution < -0.4 is 15.4 Å². The van der Waals surface area contributed by atoms with Gasteiger partial charge in [0, 0.05) is 38.9 Å². The van der Waals surface area contributed by atoms with Crippen LogP contribution in [0.1, 0.15) is 23.2 Å². The highest BCUT2D eigenvalue weighted by Gasteiger charge is 2.16. The van der Waals surface area contributed by atoms with Crippen LogP contribution in [0.5, 0.6) is 5.75 Å². The number of carbonyl (C=O) groups is 1. The molecule has 1 fully saturated rings. The van der Waals surface area contributed by atoms with Gasteiger partial charge in [0.1, 0.15) is 12.4 Å². The van der Waals surface area contributed by atoms with Gasteiger partial charge >= 0.3 is 0 Å². The lowest BCUT2D eigenvalue weighted by Gasteiger charge is -2.12. The number of benzene rings is 1. The summed E-state index contributed by atoms with van der Waals surface area (Å²) in [7, 11) is 1.66. The monoisotopic (exact) mass is 322 g/mol. The first-order valence-corrected chi connectivity index (χ1v) is 8.12. The Kier molecular flexibility index (Phi) is 7.86. The van der Waals surface area contributed by atoms with Crippen molar-refractivity contribution in [3.8, 4) is 5.75 Å². The zero-order valence-corrected chi connectivity index (χ0v) is 13.7. The quantitative estimate of drug-likeness (QED) is 0.634. The highest BCUT2D eigenvalue weighted by Crippen LogP contribution is 2.17. The lowest BCUT2D eigenvalue weighted by atomic mass is 10.2. The summed E-state index contributed by atoms with van der Waals surface area (Å²) in [5.74, 6) is 0.604. The topological polar surface area (TPSA) is 68.8 Å². The SMILES string of the molecule is COCCNCCNC(=O)c1cccc(OCC2CCCO2)c1. The zero-order valence-electron chi connectivity index (χ0n) is 13.7. The summed E-state index contributed by atoms with van der Waals surface area (Å²) in [6, 6.07) is 7.24. The molecule has 1 aromatic rings. The molecule has 0 aliphatic carbocycles. The van der Waals surface area contributed by atoms with Gasteiger partial charge in [0.15, 0.2) is 0 Å². The highest BCUT2D eigenvalue weighted by molar-refractivity contribution is 5.94. The predicted molar refractivity (Wildman–Crippen MR) is 88.0 cm³/mol. The fourth-order valence-corrected chi connectivity index (χ4v) is 2.36. The van der Waals surface area contributed by atoms with E-state index in [4.69, 9.17) is 14.2 Å². The molecule has 1 aliphatic heterocycles. The second kappa shape index (κ2) is 10.2.